The summed E-state index contributed by atoms with van der Waals surface area (Å²) in [5.41, 5.74) is 2.17. The predicted octanol–water partition coefficient (Wildman–Crippen LogP) is 4.78. The van der Waals surface area contributed by atoms with E-state index in [9.17, 15) is 14.0 Å². The number of amides is 1. The summed E-state index contributed by atoms with van der Waals surface area (Å²) in [6, 6.07) is 11.4. The largest absolute Gasteiger partial charge is 0.481 e. The monoisotopic (exact) mass is 456 g/mol. The number of likely N-dealkylation sites (tertiary alicyclic amines) is 1. The van der Waals surface area contributed by atoms with Crippen molar-refractivity contribution in [2.75, 3.05) is 13.1 Å². The molecule has 32 heavy (non-hydrogen) atoms. The molecule has 1 fully saturated rings. The quantitative estimate of drug-likeness (QED) is 0.577. The van der Waals surface area contributed by atoms with Crippen LogP contribution in [0.25, 0.3) is 22.0 Å². The smallest absolute Gasteiger partial charge is 0.303 e. The van der Waals surface area contributed by atoms with E-state index in [0.717, 1.165) is 10.9 Å². The number of hydrogen-bond acceptors (Lipinski definition) is 4. The van der Waals surface area contributed by atoms with E-state index >= 15 is 0 Å². The topological polar surface area (TPSA) is 79.7 Å². The van der Waals surface area contributed by atoms with Crippen LogP contribution in [0.4, 0.5) is 4.39 Å². The molecule has 4 rings (SSSR count). The summed E-state index contributed by atoms with van der Waals surface area (Å²) < 4.78 is 19.3. The van der Waals surface area contributed by atoms with Gasteiger partial charge in [-0.1, -0.05) is 11.6 Å². The Bertz CT molecular complexity index is 1190. The number of carbonyl (C=O) groups is 2. The second-order valence-corrected chi connectivity index (χ2v) is 8.37. The lowest BCUT2D eigenvalue weighted by Gasteiger charge is -2.22. The summed E-state index contributed by atoms with van der Waals surface area (Å²) in [6.07, 6.45) is 1.67. The van der Waals surface area contributed by atoms with E-state index in [2.05, 4.69) is 4.98 Å². The number of nitrogens with zero attached hydrogens (tertiary/aromatic N) is 2. The van der Waals surface area contributed by atoms with Crippen molar-refractivity contribution >= 4 is 34.4 Å². The van der Waals surface area contributed by atoms with Crippen molar-refractivity contribution in [1.82, 2.24) is 9.88 Å². The highest BCUT2D eigenvalue weighted by Crippen LogP contribution is 2.34. The van der Waals surface area contributed by atoms with Gasteiger partial charge >= 0.3 is 5.97 Å². The minimum Gasteiger partial charge on any atom is -0.481 e. The minimum absolute atomic E-state index is 0.0229. The molecular formula is C24H22ClFN2O4. The Morgan fingerprint density at radius 3 is 2.81 bits per heavy atom. The number of rotatable bonds is 6. The van der Waals surface area contributed by atoms with E-state index in [1.807, 2.05) is 12.1 Å². The number of carbonyl (C=O) groups excluding carboxylic acids is 1. The lowest BCUT2D eigenvalue weighted by Crippen LogP contribution is -2.39. The SMILES string of the molecule is C[C@@H](Oc1ccc2c(-c3ccc(F)cc3Cl)ccnc2c1)C(=O)N1CC[C@H](CC(=O)O)C1. The first-order valence-electron chi connectivity index (χ1n) is 10.3. The van der Waals surface area contributed by atoms with E-state index in [-0.39, 0.29) is 18.2 Å². The van der Waals surface area contributed by atoms with Gasteiger partial charge in [-0.15, -0.1) is 0 Å². The number of ether oxygens (including phenoxy) is 1. The summed E-state index contributed by atoms with van der Waals surface area (Å²) in [7, 11) is 0. The van der Waals surface area contributed by atoms with Crippen LogP contribution in [0.1, 0.15) is 19.8 Å². The Balaban J connectivity index is 1.51. The Kier molecular flexibility index (Phi) is 6.28. The van der Waals surface area contributed by atoms with E-state index in [1.165, 1.54) is 12.1 Å². The lowest BCUT2D eigenvalue weighted by molar-refractivity contribution is -0.139. The molecule has 0 bridgehead atoms. The van der Waals surface area contributed by atoms with Crippen LogP contribution in [-0.4, -0.2) is 46.1 Å². The van der Waals surface area contributed by atoms with Crippen molar-refractivity contribution in [3.63, 3.8) is 0 Å². The van der Waals surface area contributed by atoms with Gasteiger partial charge in [-0.05, 0) is 61.2 Å². The molecule has 2 heterocycles. The van der Waals surface area contributed by atoms with Gasteiger partial charge in [0, 0.05) is 42.7 Å². The number of aromatic nitrogens is 1. The van der Waals surface area contributed by atoms with Crippen LogP contribution < -0.4 is 4.74 Å². The van der Waals surface area contributed by atoms with Crippen molar-refractivity contribution < 1.29 is 23.8 Å². The molecule has 2 aromatic carbocycles. The van der Waals surface area contributed by atoms with Gasteiger partial charge < -0.3 is 14.7 Å². The van der Waals surface area contributed by atoms with Gasteiger partial charge in [-0.25, -0.2) is 4.39 Å². The molecule has 0 saturated carbocycles. The molecule has 3 aromatic rings. The van der Waals surface area contributed by atoms with Crippen molar-refractivity contribution in [2.24, 2.45) is 5.92 Å². The number of carboxylic acid groups (broad SMARTS) is 1. The summed E-state index contributed by atoms with van der Waals surface area (Å²) in [5.74, 6) is -0.949. The first kappa shape index (κ1) is 22.0. The molecule has 1 saturated heterocycles. The molecule has 0 radical (unpaired) electrons. The third-order valence-electron chi connectivity index (χ3n) is 5.66. The summed E-state index contributed by atoms with van der Waals surface area (Å²) in [5, 5.41) is 10.1. The molecule has 0 unspecified atom stereocenters. The molecule has 1 aromatic heterocycles. The molecule has 2 atom stereocenters. The highest BCUT2D eigenvalue weighted by Gasteiger charge is 2.31. The first-order chi connectivity index (χ1) is 15.3. The van der Waals surface area contributed by atoms with Gasteiger partial charge in [-0.2, -0.15) is 0 Å². The number of carboxylic acids is 1. The molecule has 166 valence electrons. The Morgan fingerprint density at radius 2 is 2.06 bits per heavy atom. The molecule has 1 aliphatic heterocycles. The van der Waals surface area contributed by atoms with Gasteiger partial charge in [-0.3, -0.25) is 14.6 Å². The number of pyridine rings is 1. The van der Waals surface area contributed by atoms with Crippen molar-refractivity contribution in [2.45, 2.75) is 25.9 Å². The van der Waals surface area contributed by atoms with Crippen LogP contribution in [0.2, 0.25) is 5.02 Å². The zero-order valence-electron chi connectivity index (χ0n) is 17.4. The standard InChI is InChI=1S/C24H22ClFN2O4/c1-14(24(31)28-9-7-15(13-28)10-23(29)30)32-17-3-5-20-18(6-8-27-22(20)12-17)19-4-2-16(26)11-21(19)25/h2-6,8,11-12,14-15H,7,9-10,13H2,1H3,(H,29,30)/t14-,15-/m1/s1. The molecular weight excluding hydrogens is 435 g/mol. The number of halogens is 2. The third kappa shape index (κ3) is 4.67. The van der Waals surface area contributed by atoms with Gasteiger partial charge in [0.1, 0.15) is 11.6 Å². The zero-order valence-corrected chi connectivity index (χ0v) is 18.2. The average Bonchev–Trinajstić information content (AvgIpc) is 3.20. The first-order valence-corrected chi connectivity index (χ1v) is 10.7. The fourth-order valence-electron chi connectivity index (χ4n) is 4.10. The fraction of sp³-hybridized carbons (Fsp3) is 0.292. The molecule has 6 nitrogen and oxygen atoms in total. The summed E-state index contributed by atoms with van der Waals surface area (Å²) in [6.45, 7) is 2.64. The molecule has 1 amide bonds. The van der Waals surface area contributed by atoms with E-state index in [4.69, 9.17) is 21.4 Å². The third-order valence-corrected chi connectivity index (χ3v) is 5.97. The van der Waals surface area contributed by atoms with Gasteiger partial charge in [0.2, 0.25) is 0 Å². The Morgan fingerprint density at radius 1 is 1.25 bits per heavy atom. The van der Waals surface area contributed by atoms with Crippen LogP contribution >= 0.6 is 11.6 Å². The van der Waals surface area contributed by atoms with Crippen molar-refractivity contribution in [3.8, 4) is 16.9 Å². The maximum atomic E-state index is 13.4. The van der Waals surface area contributed by atoms with Crippen LogP contribution in [0.5, 0.6) is 5.75 Å². The van der Waals surface area contributed by atoms with Crippen LogP contribution in [0.15, 0.2) is 48.7 Å². The van der Waals surface area contributed by atoms with E-state index < -0.39 is 17.9 Å². The maximum absolute atomic E-state index is 13.4. The number of fused-ring (bicyclic) bond motifs is 1. The second-order valence-electron chi connectivity index (χ2n) is 7.96. The van der Waals surface area contributed by atoms with Gasteiger partial charge in [0.25, 0.3) is 5.91 Å². The lowest BCUT2D eigenvalue weighted by atomic mass is 10.0. The number of hydrogen-bond donors (Lipinski definition) is 1. The predicted molar refractivity (Wildman–Crippen MR) is 119 cm³/mol. The molecule has 0 aliphatic carbocycles. The van der Waals surface area contributed by atoms with Crippen LogP contribution in [-0.2, 0) is 9.59 Å². The number of benzene rings is 2. The van der Waals surface area contributed by atoms with Crippen LogP contribution in [0.3, 0.4) is 0 Å². The highest BCUT2D eigenvalue weighted by molar-refractivity contribution is 6.33. The number of aliphatic carboxylic acids is 1. The Hall–Kier alpha value is -3.19. The van der Waals surface area contributed by atoms with Gasteiger partial charge in [0.05, 0.1) is 10.5 Å². The molecule has 0 spiro atoms. The minimum atomic E-state index is -0.849. The highest BCUT2D eigenvalue weighted by atomic mass is 35.5. The molecule has 1 aliphatic rings. The zero-order chi connectivity index (χ0) is 22.8. The van der Waals surface area contributed by atoms with E-state index in [1.54, 1.807) is 36.2 Å². The molecule has 1 N–H and O–H groups in total. The average molecular weight is 457 g/mol. The van der Waals surface area contributed by atoms with Crippen molar-refractivity contribution in [1.29, 1.82) is 0 Å². The normalized spacial score (nSPS) is 16.8. The Labute approximate surface area is 189 Å². The van der Waals surface area contributed by atoms with Gasteiger partial charge in [0.15, 0.2) is 6.10 Å². The van der Waals surface area contributed by atoms with Crippen molar-refractivity contribution in [3.05, 3.63) is 59.5 Å². The maximum Gasteiger partial charge on any atom is 0.303 e. The van der Waals surface area contributed by atoms with E-state index in [0.29, 0.717) is 41.4 Å². The molecule has 8 heteroatoms. The second kappa shape index (κ2) is 9.12. The summed E-state index contributed by atoms with van der Waals surface area (Å²) >= 11 is 6.24. The fourth-order valence-corrected chi connectivity index (χ4v) is 4.37. The summed E-state index contributed by atoms with van der Waals surface area (Å²) in [4.78, 5) is 29.7. The van der Waals surface area contributed by atoms with Crippen LogP contribution in [0, 0.1) is 11.7 Å².